The number of ether oxygens (including phenoxy) is 2. The lowest BCUT2D eigenvalue weighted by atomic mass is 10.1. The number of hydrogen-bond donors (Lipinski definition) is 1. The van der Waals surface area contributed by atoms with Crippen LogP contribution in [0, 0.1) is 0 Å². The van der Waals surface area contributed by atoms with Gasteiger partial charge in [0.15, 0.2) is 11.5 Å². The molecular formula is C24H21NO2. The first-order valence-corrected chi connectivity index (χ1v) is 9.00. The van der Waals surface area contributed by atoms with Gasteiger partial charge in [-0.1, -0.05) is 60.7 Å². The lowest BCUT2D eigenvalue weighted by Crippen LogP contribution is -2.01. The third-order valence-corrected chi connectivity index (χ3v) is 4.33. The molecule has 4 aromatic rings. The van der Waals surface area contributed by atoms with E-state index in [2.05, 4.69) is 29.2 Å². The van der Waals surface area contributed by atoms with Crippen LogP contribution in [-0.4, -0.2) is 4.98 Å². The van der Waals surface area contributed by atoms with Crippen LogP contribution >= 0.6 is 0 Å². The topological polar surface area (TPSA) is 34.2 Å². The molecule has 0 saturated heterocycles. The average molecular weight is 355 g/mol. The van der Waals surface area contributed by atoms with Gasteiger partial charge in [0, 0.05) is 17.5 Å². The Hall–Kier alpha value is -3.46. The highest BCUT2D eigenvalue weighted by molar-refractivity contribution is 5.64. The number of benzene rings is 3. The average Bonchev–Trinajstić information content (AvgIpc) is 3.27. The highest BCUT2D eigenvalue weighted by atomic mass is 16.5. The second kappa shape index (κ2) is 8.28. The summed E-state index contributed by atoms with van der Waals surface area (Å²) in [5.74, 6) is 1.48. The molecule has 3 aromatic carbocycles. The molecule has 0 atom stereocenters. The third-order valence-electron chi connectivity index (χ3n) is 4.33. The molecule has 0 bridgehead atoms. The molecule has 0 aliphatic heterocycles. The van der Waals surface area contributed by atoms with Crippen LogP contribution in [0.4, 0.5) is 0 Å². The molecule has 1 N–H and O–H groups in total. The highest BCUT2D eigenvalue weighted by Crippen LogP contribution is 2.33. The quantitative estimate of drug-likeness (QED) is 0.452. The molecule has 3 heteroatoms. The maximum absolute atomic E-state index is 6.11. The predicted molar refractivity (Wildman–Crippen MR) is 108 cm³/mol. The molecule has 134 valence electrons. The molecule has 0 fully saturated rings. The van der Waals surface area contributed by atoms with Gasteiger partial charge in [0.1, 0.15) is 13.2 Å². The zero-order chi connectivity index (χ0) is 18.3. The summed E-state index contributed by atoms with van der Waals surface area (Å²) in [5.41, 5.74) is 4.36. The van der Waals surface area contributed by atoms with Gasteiger partial charge in [-0.05, 0) is 41.5 Å². The van der Waals surface area contributed by atoms with Crippen molar-refractivity contribution >= 4 is 0 Å². The van der Waals surface area contributed by atoms with E-state index in [1.807, 2.05) is 72.9 Å². The van der Waals surface area contributed by atoms with Crippen molar-refractivity contribution < 1.29 is 9.47 Å². The first kappa shape index (κ1) is 17.0. The molecule has 4 rings (SSSR count). The van der Waals surface area contributed by atoms with Crippen molar-refractivity contribution in [1.82, 2.24) is 4.98 Å². The monoisotopic (exact) mass is 355 g/mol. The maximum Gasteiger partial charge on any atom is 0.162 e. The molecule has 3 nitrogen and oxygen atoms in total. The van der Waals surface area contributed by atoms with Crippen molar-refractivity contribution in [3.63, 3.8) is 0 Å². The van der Waals surface area contributed by atoms with Crippen LogP contribution < -0.4 is 9.47 Å². The summed E-state index contributed by atoms with van der Waals surface area (Å²) in [6.07, 6.45) is 1.92. The van der Waals surface area contributed by atoms with Crippen LogP contribution in [-0.2, 0) is 13.2 Å². The fraction of sp³-hybridized carbons (Fsp3) is 0.0833. The van der Waals surface area contributed by atoms with Gasteiger partial charge in [-0.15, -0.1) is 0 Å². The molecule has 0 radical (unpaired) electrons. The van der Waals surface area contributed by atoms with Crippen LogP contribution in [0.25, 0.3) is 11.3 Å². The predicted octanol–water partition coefficient (Wildman–Crippen LogP) is 5.84. The van der Waals surface area contributed by atoms with E-state index >= 15 is 0 Å². The van der Waals surface area contributed by atoms with Gasteiger partial charge in [0.05, 0.1) is 0 Å². The number of aromatic amines is 1. The largest absolute Gasteiger partial charge is 0.485 e. The maximum atomic E-state index is 6.11. The molecule has 0 amide bonds. The zero-order valence-corrected chi connectivity index (χ0v) is 15.0. The Bertz CT molecular complexity index is 964. The minimum Gasteiger partial charge on any atom is -0.485 e. The summed E-state index contributed by atoms with van der Waals surface area (Å²) in [7, 11) is 0. The van der Waals surface area contributed by atoms with Crippen molar-refractivity contribution in [3.05, 3.63) is 108 Å². The van der Waals surface area contributed by atoms with Gasteiger partial charge in [-0.25, -0.2) is 0 Å². The summed E-state index contributed by atoms with van der Waals surface area (Å²) in [6.45, 7) is 1.00. The number of aromatic nitrogens is 1. The lowest BCUT2D eigenvalue weighted by molar-refractivity contribution is 0.256. The number of rotatable bonds is 7. The lowest BCUT2D eigenvalue weighted by Gasteiger charge is -2.14. The summed E-state index contributed by atoms with van der Waals surface area (Å²) in [6, 6.07) is 30.3. The van der Waals surface area contributed by atoms with Crippen LogP contribution in [0.2, 0.25) is 0 Å². The van der Waals surface area contributed by atoms with Crippen molar-refractivity contribution in [2.45, 2.75) is 13.2 Å². The summed E-state index contributed by atoms with van der Waals surface area (Å²) >= 11 is 0. The smallest absolute Gasteiger partial charge is 0.162 e. The van der Waals surface area contributed by atoms with Gasteiger partial charge in [0.2, 0.25) is 0 Å². The fourth-order valence-corrected chi connectivity index (χ4v) is 2.89. The van der Waals surface area contributed by atoms with Gasteiger partial charge in [0.25, 0.3) is 0 Å². The number of nitrogens with one attached hydrogen (secondary N) is 1. The fourth-order valence-electron chi connectivity index (χ4n) is 2.89. The van der Waals surface area contributed by atoms with E-state index in [0.717, 1.165) is 33.9 Å². The zero-order valence-electron chi connectivity index (χ0n) is 15.0. The molecule has 0 saturated carbocycles. The summed E-state index contributed by atoms with van der Waals surface area (Å²) in [4.78, 5) is 3.24. The van der Waals surface area contributed by atoms with E-state index in [-0.39, 0.29) is 0 Å². The van der Waals surface area contributed by atoms with Gasteiger partial charge >= 0.3 is 0 Å². The molecule has 0 aliphatic carbocycles. The first-order valence-electron chi connectivity index (χ1n) is 9.00. The Balaban J connectivity index is 1.56. The van der Waals surface area contributed by atoms with E-state index in [1.54, 1.807) is 0 Å². The normalized spacial score (nSPS) is 10.5. The highest BCUT2D eigenvalue weighted by Gasteiger charge is 2.09. The Kier molecular flexibility index (Phi) is 5.21. The standard InChI is InChI=1S/C24H21NO2/c1-3-8-19(9-4-1)17-26-23-14-13-21(22-12-7-15-25-22)16-24(23)27-18-20-10-5-2-6-11-20/h1-16,25H,17-18H2. The number of hydrogen-bond acceptors (Lipinski definition) is 2. The number of H-pyrrole nitrogens is 1. The van der Waals surface area contributed by atoms with E-state index in [4.69, 9.17) is 9.47 Å². The minimum atomic E-state index is 0.497. The Morgan fingerprint density at radius 2 is 1.22 bits per heavy atom. The van der Waals surface area contributed by atoms with Crippen LogP contribution in [0.5, 0.6) is 11.5 Å². The Morgan fingerprint density at radius 1 is 0.593 bits per heavy atom. The van der Waals surface area contributed by atoms with Crippen LogP contribution in [0.1, 0.15) is 11.1 Å². The van der Waals surface area contributed by atoms with Gasteiger partial charge < -0.3 is 14.5 Å². The molecule has 1 aromatic heterocycles. The van der Waals surface area contributed by atoms with Crippen LogP contribution in [0.3, 0.4) is 0 Å². The second-order valence-corrected chi connectivity index (χ2v) is 6.29. The van der Waals surface area contributed by atoms with Crippen molar-refractivity contribution in [2.24, 2.45) is 0 Å². The second-order valence-electron chi connectivity index (χ2n) is 6.29. The minimum absolute atomic E-state index is 0.497. The van der Waals surface area contributed by atoms with Gasteiger partial charge in [-0.3, -0.25) is 0 Å². The SMILES string of the molecule is c1ccc(COc2ccc(-c3ccc[nH]3)cc2OCc2ccccc2)cc1. The summed E-state index contributed by atoms with van der Waals surface area (Å²) in [5, 5.41) is 0. The van der Waals surface area contributed by atoms with E-state index < -0.39 is 0 Å². The molecular weight excluding hydrogens is 334 g/mol. The van der Waals surface area contributed by atoms with Crippen molar-refractivity contribution in [3.8, 4) is 22.8 Å². The molecule has 1 heterocycles. The summed E-state index contributed by atoms with van der Waals surface area (Å²) < 4.78 is 12.2. The molecule has 27 heavy (non-hydrogen) atoms. The van der Waals surface area contributed by atoms with E-state index in [0.29, 0.717) is 13.2 Å². The first-order chi connectivity index (χ1) is 13.4. The molecule has 0 aliphatic rings. The molecule has 0 spiro atoms. The van der Waals surface area contributed by atoms with Crippen molar-refractivity contribution in [2.75, 3.05) is 0 Å². The van der Waals surface area contributed by atoms with Crippen molar-refractivity contribution in [1.29, 1.82) is 0 Å². The van der Waals surface area contributed by atoms with Crippen LogP contribution in [0.15, 0.2) is 97.2 Å². The Morgan fingerprint density at radius 3 is 1.81 bits per heavy atom. The van der Waals surface area contributed by atoms with E-state index in [1.165, 1.54) is 0 Å². The van der Waals surface area contributed by atoms with E-state index in [9.17, 15) is 0 Å². The molecule has 0 unspecified atom stereocenters. The Labute approximate surface area is 159 Å². The van der Waals surface area contributed by atoms with Gasteiger partial charge in [-0.2, -0.15) is 0 Å². The third kappa shape index (κ3) is 4.39.